The second-order valence-corrected chi connectivity index (χ2v) is 22.4. The van der Waals surface area contributed by atoms with Gasteiger partial charge in [0, 0.05) is 87.4 Å². The number of anilines is 6. The van der Waals surface area contributed by atoms with E-state index < -0.39 is 0 Å². The first-order chi connectivity index (χ1) is 41.7. The molecule has 0 spiro atoms. The summed E-state index contributed by atoms with van der Waals surface area (Å²) in [5.41, 5.74) is 21.7. The fraction of sp³-hybridized carbons (Fsp3) is 0. The Morgan fingerprint density at radius 3 is 1.02 bits per heavy atom. The fourth-order valence-electron chi connectivity index (χ4n) is 14.3. The lowest BCUT2D eigenvalue weighted by Crippen LogP contribution is -2.10. The molecule has 19 aromatic rings. The molecule has 0 aliphatic rings. The zero-order chi connectivity index (χ0) is 54.7. The van der Waals surface area contributed by atoms with Crippen LogP contribution < -0.4 is 9.80 Å². The molecule has 0 aliphatic heterocycles. The summed E-state index contributed by atoms with van der Waals surface area (Å²) in [6.45, 7) is 0. The van der Waals surface area contributed by atoms with Crippen molar-refractivity contribution in [2.45, 2.75) is 0 Å². The van der Waals surface area contributed by atoms with Gasteiger partial charge in [0.2, 0.25) is 0 Å². The van der Waals surface area contributed by atoms with Crippen LogP contribution >= 0.6 is 0 Å². The topological polar surface area (TPSA) is 41.6 Å². The Morgan fingerprint density at radius 2 is 0.571 bits per heavy atom. The van der Waals surface area contributed by atoms with E-state index >= 15 is 0 Å². The smallest absolute Gasteiger partial charge is 0.159 e. The summed E-state index contributed by atoms with van der Waals surface area (Å²) in [6.07, 6.45) is 0. The number of nitrogens with zero attached hydrogens (tertiary/aromatic N) is 4. The van der Waals surface area contributed by atoms with Gasteiger partial charge >= 0.3 is 0 Å². The quantitative estimate of drug-likeness (QED) is 0.152. The number of aromatic nitrogens is 2. The van der Waals surface area contributed by atoms with E-state index in [4.69, 9.17) is 8.83 Å². The molecule has 0 fully saturated rings. The summed E-state index contributed by atoms with van der Waals surface area (Å²) in [6, 6.07) is 101. The molecule has 0 atom stereocenters. The van der Waals surface area contributed by atoms with Crippen LogP contribution in [0.3, 0.4) is 0 Å². The van der Waals surface area contributed by atoms with Gasteiger partial charge in [0.25, 0.3) is 0 Å². The summed E-state index contributed by atoms with van der Waals surface area (Å²) < 4.78 is 18.3. The van der Waals surface area contributed by atoms with E-state index in [2.05, 4.69) is 286 Å². The fourth-order valence-corrected chi connectivity index (χ4v) is 14.3. The molecule has 0 N–H and O–H groups in total. The molecule has 390 valence electrons. The Morgan fingerprint density at radius 1 is 0.226 bits per heavy atom. The maximum absolute atomic E-state index is 6.63. The van der Waals surface area contributed by atoms with Crippen molar-refractivity contribution in [3.05, 3.63) is 279 Å². The first-order valence-electron chi connectivity index (χ1n) is 28.7. The Kier molecular flexibility index (Phi) is 9.24. The predicted octanol–water partition coefficient (Wildman–Crippen LogP) is 22.1. The molecule has 0 bridgehead atoms. The molecule has 84 heavy (non-hydrogen) atoms. The minimum absolute atomic E-state index is 0.867. The minimum Gasteiger partial charge on any atom is -0.454 e. The van der Waals surface area contributed by atoms with Crippen LogP contribution in [0.2, 0.25) is 0 Å². The van der Waals surface area contributed by atoms with Crippen molar-refractivity contribution in [2.75, 3.05) is 9.80 Å². The van der Waals surface area contributed by atoms with Gasteiger partial charge in [-0.15, -0.1) is 0 Å². The van der Waals surface area contributed by atoms with Crippen molar-refractivity contribution in [1.29, 1.82) is 0 Å². The lowest BCUT2D eigenvalue weighted by molar-refractivity contribution is 0.668. The average Bonchev–Trinajstić information content (AvgIpc) is 1.95. The molecule has 19 rings (SSSR count). The molecule has 0 radical (unpaired) electrons. The number of fused-ring (bicyclic) bond motifs is 18. The second-order valence-electron chi connectivity index (χ2n) is 22.4. The zero-order valence-electron chi connectivity index (χ0n) is 45.2. The van der Waals surface area contributed by atoms with Gasteiger partial charge < -0.3 is 27.4 Å². The van der Waals surface area contributed by atoms with Crippen molar-refractivity contribution in [1.82, 2.24) is 8.80 Å². The minimum atomic E-state index is 0.867. The molecular weight excluding hydrogens is 1020 g/mol. The Labute approximate surface area is 480 Å². The Bertz CT molecular complexity index is 5520. The standard InChI is InChI=1S/C78H46N4O2/c1-3-19-51(20-4-1)79(69-33-15-31-61-55-25-7-9-35-73(55)83-77(61)69)53-23-11-17-47(41-53)49-37-39-67-63(43-49)57-27-13-29-59-65-46-72-66(45-71(65)81(67)75(57)59)60-30-14-28-58-64-44-50(38-40-68(64)82(72)76(58)60)48-18-12-24-54(42-48)80(52-21-5-2-6-22-52)70-34-16-32-62-56-26-8-10-36-74(56)84-78(62)70/h1-46H. The van der Waals surface area contributed by atoms with E-state index in [1.165, 1.54) is 87.3 Å². The molecule has 6 nitrogen and oxygen atoms in total. The van der Waals surface area contributed by atoms with Crippen molar-refractivity contribution in [3.63, 3.8) is 0 Å². The molecule has 13 aromatic carbocycles. The normalized spacial score (nSPS) is 12.3. The third-order valence-electron chi connectivity index (χ3n) is 17.9. The molecule has 6 heterocycles. The monoisotopic (exact) mass is 1070 g/mol. The summed E-state index contributed by atoms with van der Waals surface area (Å²) in [7, 11) is 0. The first kappa shape index (κ1) is 45.4. The van der Waals surface area contributed by atoms with E-state index in [1.807, 2.05) is 12.1 Å². The van der Waals surface area contributed by atoms with Gasteiger partial charge in [0.1, 0.15) is 11.2 Å². The van der Waals surface area contributed by atoms with Crippen LogP contribution in [0.4, 0.5) is 34.1 Å². The van der Waals surface area contributed by atoms with Crippen LogP contribution in [0.15, 0.2) is 288 Å². The zero-order valence-corrected chi connectivity index (χ0v) is 45.2. The molecule has 0 saturated carbocycles. The largest absolute Gasteiger partial charge is 0.454 e. The van der Waals surface area contributed by atoms with Gasteiger partial charge in [-0.25, -0.2) is 0 Å². The highest BCUT2D eigenvalue weighted by Gasteiger charge is 2.25. The van der Waals surface area contributed by atoms with Gasteiger partial charge in [-0.2, -0.15) is 0 Å². The summed E-state index contributed by atoms with van der Waals surface area (Å²) in [5.74, 6) is 0. The predicted molar refractivity (Wildman–Crippen MR) is 351 cm³/mol. The van der Waals surface area contributed by atoms with E-state index in [1.54, 1.807) is 0 Å². The van der Waals surface area contributed by atoms with E-state index in [-0.39, 0.29) is 0 Å². The summed E-state index contributed by atoms with van der Waals surface area (Å²) >= 11 is 0. The molecule has 6 heteroatoms. The highest BCUT2D eigenvalue weighted by atomic mass is 16.3. The lowest BCUT2D eigenvalue weighted by Gasteiger charge is -2.26. The maximum Gasteiger partial charge on any atom is 0.159 e. The molecular formula is C78H46N4O2. The molecule has 0 aliphatic carbocycles. The van der Waals surface area contributed by atoms with Crippen LogP contribution in [0.1, 0.15) is 0 Å². The van der Waals surface area contributed by atoms with Gasteiger partial charge in [-0.1, -0.05) is 170 Å². The Balaban J connectivity index is 0.726. The summed E-state index contributed by atoms with van der Waals surface area (Å²) in [4.78, 5) is 4.64. The first-order valence-corrected chi connectivity index (χ1v) is 28.7. The van der Waals surface area contributed by atoms with Crippen LogP contribution in [-0.2, 0) is 0 Å². The number of benzene rings is 13. The van der Waals surface area contributed by atoms with Gasteiger partial charge in [0.05, 0.1) is 44.5 Å². The van der Waals surface area contributed by atoms with Gasteiger partial charge in [-0.05, 0) is 131 Å². The van der Waals surface area contributed by atoms with Gasteiger partial charge in [-0.3, -0.25) is 0 Å². The Hall–Kier alpha value is -11.3. The van der Waals surface area contributed by atoms with E-state index in [9.17, 15) is 0 Å². The average molecular weight is 1070 g/mol. The molecule has 0 amide bonds. The van der Waals surface area contributed by atoms with Crippen molar-refractivity contribution in [3.8, 4) is 22.3 Å². The van der Waals surface area contributed by atoms with Gasteiger partial charge in [0.15, 0.2) is 11.2 Å². The van der Waals surface area contributed by atoms with E-state index in [0.29, 0.717) is 0 Å². The van der Waals surface area contributed by atoms with Crippen molar-refractivity contribution in [2.24, 2.45) is 0 Å². The highest BCUT2D eigenvalue weighted by Crippen LogP contribution is 2.49. The molecule has 6 aromatic heterocycles. The number of furan rings is 2. The molecule has 0 unspecified atom stereocenters. The maximum atomic E-state index is 6.63. The van der Waals surface area contributed by atoms with Crippen LogP contribution in [-0.4, -0.2) is 8.80 Å². The second kappa shape index (κ2) is 17.1. The van der Waals surface area contributed by atoms with Crippen LogP contribution in [0.5, 0.6) is 0 Å². The van der Waals surface area contributed by atoms with Crippen molar-refractivity contribution < 1.29 is 8.83 Å². The third kappa shape index (κ3) is 6.33. The SMILES string of the molecule is c1ccc(N(c2cccc(-c3ccc4c(c3)c3cccc5c6cc7c(cc6n4c35)c3cccc4c5cc(-c6cccc(N(c8ccccc8)c8cccc9c8oc8ccccc89)c6)ccc5n7c43)c2)c2cccc3c2oc2ccccc23)cc1. The van der Waals surface area contributed by atoms with E-state index in [0.717, 1.165) is 89.1 Å². The summed E-state index contributed by atoms with van der Waals surface area (Å²) in [5, 5.41) is 14.4. The number of hydrogen-bond acceptors (Lipinski definition) is 4. The van der Waals surface area contributed by atoms with Crippen LogP contribution in [0, 0.1) is 0 Å². The number of hydrogen-bond donors (Lipinski definition) is 0. The molecule has 0 saturated heterocycles. The number of para-hydroxylation sites is 8. The van der Waals surface area contributed by atoms with Crippen LogP contribution in [0.25, 0.3) is 142 Å². The third-order valence-corrected chi connectivity index (χ3v) is 17.9. The highest BCUT2D eigenvalue weighted by molar-refractivity contribution is 6.29. The number of rotatable bonds is 8. The van der Waals surface area contributed by atoms with Crippen molar-refractivity contribution >= 4 is 154 Å². The lowest BCUT2D eigenvalue weighted by atomic mass is 10.00.